The number of ketones is 1. The molecule has 0 N–H and O–H groups in total. The van der Waals surface area contributed by atoms with E-state index in [1.54, 1.807) is 0 Å². The minimum atomic E-state index is -2.75. The summed E-state index contributed by atoms with van der Waals surface area (Å²) in [7, 11) is 0. The van der Waals surface area contributed by atoms with Crippen molar-refractivity contribution in [3.05, 3.63) is 0 Å². The Morgan fingerprint density at radius 3 is 2.54 bits per heavy atom. The minimum absolute atomic E-state index is 0.124. The highest BCUT2D eigenvalue weighted by Crippen LogP contribution is 2.49. The highest BCUT2D eigenvalue weighted by molar-refractivity contribution is 5.81. The second-order valence-corrected chi connectivity index (χ2v) is 4.41. The fourth-order valence-corrected chi connectivity index (χ4v) is 2.97. The fourth-order valence-electron chi connectivity index (χ4n) is 2.97. The first-order valence-corrected chi connectivity index (χ1v) is 4.97. The average molecular weight is 188 g/mol. The molecule has 2 rings (SSSR count). The van der Waals surface area contributed by atoms with Gasteiger partial charge < -0.3 is 0 Å². The Hall–Kier alpha value is -0.470. The summed E-state index contributed by atoms with van der Waals surface area (Å²) < 4.78 is 23.9. The van der Waals surface area contributed by atoms with Gasteiger partial charge in [-0.25, -0.2) is 8.78 Å². The van der Waals surface area contributed by atoms with Gasteiger partial charge in [-0.05, 0) is 37.0 Å². The number of hydrogen-bond acceptors (Lipinski definition) is 1. The van der Waals surface area contributed by atoms with E-state index in [4.69, 9.17) is 0 Å². The van der Waals surface area contributed by atoms with Gasteiger partial charge in [0.05, 0.1) is 0 Å². The van der Waals surface area contributed by atoms with E-state index in [0.717, 1.165) is 18.8 Å². The van der Waals surface area contributed by atoms with Crippen LogP contribution in [0.4, 0.5) is 8.78 Å². The van der Waals surface area contributed by atoms with E-state index in [1.807, 2.05) is 0 Å². The molecule has 0 aliphatic heterocycles. The highest BCUT2D eigenvalue weighted by Gasteiger charge is 2.40. The summed E-state index contributed by atoms with van der Waals surface area (Å²) in [5, 5.41) is 0. The van der Waals surface area contributed by atoms with Crippen molar-refractivity contribution in [3.63, 3.8) is 0 Å². The van der Waals surface area contributed by atoms with E-state index >= 15 is 0 Å². The van der Waals surface area contributed by atoms with E-state index in [9.17, 15) is 13.6 Å². The molecule has 3 unspecified atom stereocenters. The summed E-state index contributed by atoms with van der Waals surface area (Å²) >= 11 is 0. The van der Waals surface area contributed by atoms with Crippen LogP contribution in [0.1, 0.15) is 32.1 Å². The molecule has 0 amide bonds. The number of halogens is 2. The van der Waals surface area contributed by atoms with Crippen LogP contribution >= 0.6 is 0 Å². The molecule has 0 heterocycles. The van der Waals surface area contributed by atoms with Gasteiger partial charge in [-0.15, -0.1) is 0 Å². The molecule has 0 aromatic carbocycles. The van der Waals surface area contributed by atoms with Crippen molar-refractivity contribution in [1.82, 2.24) is 0 Å². The number of rotatable bonds is 3. The lowest BCUT2D eigenvalue weighted by atomic mass is 9.85. The molecule has 0 spiro atoms. The van der Waals surface area contributed by atoms with Crippen LogP contribution in [0, 0.1) is 17.8 Å². The van der Waals surface area contributed by atoms with Gasteiger partial charge in [-0.1, -0.05) is 6.42 Å². The predicted octanol–water partition coefficient (Wildman–Crippen LogP) is 2.65. The van der Waals surface area contributed by atoms with Gasteiger partial charge in [-0.3, -0.25) is 4.79 Å². The van der Waals surface area contributed by atoms with Crippen molar-refractivity contribution >= 4 is 5.78 Å². The third-order valence-corrected chi connectivity index (χ3v) is 3.59. The molecular formula is C10H14F2O. The predicted molar refractivity (Wildman–Crippen MR) is 44.6 cm³/mol. The first-order valence-electron chi connectivity index (χ1n) is 4.97. The normalized spacial score (nSPS) is 37.3. The van der Waals surface area contributed by atoms with Gasteiger partial charge in [0.2, 0.25) is 0 Å². The number of fused-ring (bicyclic) bond motifs is 2. The number of carbonyl (C=O) groups excluding carboxylic acids is 1. The zero-order chi connectivity index (χ0) is 9.42. The molecule has 0 radical (unpaired) electrons. The van der Waals surface area contributed by atoms with Crippen LogP contribution in [-0.2, 0) is 4.79 Å². The second kappa shape index (κ2) is 3.35. The molecule has 13 heavy (non-hydrogen) atoms. The molecule has 0 saturated heterocycles. The maximum Gasteiger partial charge on any atom is 0.295 e. The molecule has 74 valence electrons. The maximum absolute atomic E-state index is 12.0. The van der Waals surface area contributed by atoms with Crippen molar-refractivity contribution in [2.75, 3.05) is 0 Å². The molecule has 3 heteroatoms. The monoisotopic (exact) mass is 188 g/mol. The van der Waals surface area contributed by atoms with Crippen molar-refractivity contribution in [2.24, 2.45) is 17.8 Å². The molecule has 2 fully saturated rings. The lowest BCUT2D eigenvalue weighted by molar-refractivity contribution is -0.130. The van der Waals surface area contributed by atoms with E-state index in [2.05, 4.69) is 0 Å². The average Bonchev–Trinajstić information content (AvgIpc) is 2.64. The van der Waals surface area contributed by atoms with Crippen molar-refractivity contribution in [1.29, 1.82) is 0 Å². The SMILES string of the molecule is O=C(CC1CC2CCC1C2)C(F)F. The Kier molecular flexibility index (Phi) is 2.35. The molecule has 0 aromatic heterocycles. The van der Waals surface area contributed by atoms with Crippen LogP contribution in [-0.4, -0.2) is 12.2 Å². The first-order chi connectivity index (χ1) is 6.16. The van der Waals surface area contributed by atoms with Crippen LogP contribution in [0.2, 0.25) is 0 Å². The summed E-state index contributed by atoms with van der Waals surface area (Å²) in [5.74, 6) is 0.742. The Morgan fingerprint density at radius 1 is 1.31 bits per heavy atom. The fraction of sp³-hybridized carbons (Fsp3) is 0.900. The zero-order valence-corrected chi connectivity index (χ0v) is 7.51. The Morgan fingerprint density at radius 2 is 2.08 bits per heavy atom. The van der Waals surface area contributed by atoms with E-state index in [0.29, 0.717) is 5.92 Å². The summed E-state index contributed by atoms with van der Waals surface area (Å²) in [6.07, 6.45) is 1.98. The highest BCUT2D eigenvalue weighted by atomic mass is 19.3. The molecule has 2 bridgehead atoms. The van der Waals surface area contributed by atoms with Gasteiger partial charge >= 0.3 is 0 Å². The minimum Gasteiger partial charge on any atom is -0.293 e. The number of carbonyl (C=O) groups is 1. The molecule has 0 aromatic rings. The van der Waals surface area contributed by atoms with E-state index in [-0.39, 0.29) is 12.3 Å². The largest absolute Gasteiger partial charge is 0.295 e. The molecule has 1 nitrogen and oxygen atoms in total. The summed E-state index contributed by atoms with van der Waals surface area (Å²) in [6.45, 7) is 0. The van der Waals surface area contributed by atoms with Crippen LogP contribution in [0.3, 0.4) is 0 Å². The van der Waals surface area contributed by atoms with Crippen LogP contribution in [0.5, 0.6) is 0 Å². The Labute approximate surface area is 76.5 Å². The van der Waals surface area contributed by atoms with Gasteiger partial charge in [0.1, 0.15) is 0 Å². The molecule has 2 aliphatic rings. The topological polar surface area (TPSA) is 17.1 Å². The lowest BCUT2D eigenvalue weighted by Gasteiger charge is -2.20. The molecular weight excluding hydrogens is 174 g/mol. The zero-order valence-electron chi connectivity index (χ0n) is 7.51. The van der Waals surface area contributed by atoms with Gasteiger partial charge in [0.25, 0.3) is 6.43 Å². The number of hydrogen-bond donors (Lipinski definition) is 0. The van der Waals surface area contributed by atoms with Gasteiger partial charge in [0.15, 0.2) is 5.78 Å². The van der Waals surface area contributed by atoms with Crippen LogP contribution in [0.25, 0.3) is 0 Å². The third-order valence-electron chi connectivity index (χ3n) is 3.59. The third kappa shape index (κ3) is 1.74. The Balaban J connectivity index is 1.86. The lowest BCUT2D eigenvalue weighted by Crippen LogP contribution is -2.19. The molecule has 2 saturated carbocycles. The first kappa shape index (κ1) is 9.10. The number of alkyl halides is 2. The smallest absolute Gasteiger partial charge is 0.293 e. The second-order valence-electron chi connectivity index (χ2n) is 4.41. The van der Waals surface area contributed by atoms with Gasteiger partial charge in [-0.2, -0.15) is 0 Å². The Bertz CT molecular complexity index is 215. The summed E-state index contributed by atoms with van der Waals surface area (Å²) in [6, 6.07) is 0. The number of Topliss-reactive ketones (excluding diaryl/α,β-unsaturated/α-hetero) is 1. The molecule has 3 atom stereocenters. The standard InChI is InChI=1S/C10H14F2O/c11-10(12)9(13)5-8-4-6-1-2-7(8)3-6/h6-8,10H,1-5H2. The quantitative estimate of drug-likeness (QED) is 0.665. The van der Waals surface area contributed by atoms with E-state index < -0.39 is 12.2 Å². The summed E-state index contributed by atoms with van der Waals surface area (Å²) in [5.41, 5.74) is 0. The van der Waals surface area contributed by atoms with Crippen molar-refractivity contribution in [2.45, 2.75) is 38.5 Å². The van der Waals surface area contributed by atoms with Gasteiger partial charge in [0, 0.05) is 6.42 Å². The van der Waals surface area contributed by atoms with E-state index in [1.165, 1.54) is 12.8 Å². The summed E-state index contributed by atoms with van der Waals surface area (Å²) in [4.78, 5) is 10.8. The van der Waals surface area contributed by atoms with Crippen molar-refractivity contribution in [3.8, 4) is 0 Å². The van der Waals surface area contributed by atoms with Crippen molar-refractivity contribution < 1.29 is 13.6 Å². The molecule has 2 aliphatic carbocycles. The van der Waals surface area contributed by atoms with Crippen LogP contribution in [0.15, 0.2) is 0 Å². The maximum atomic E-state index is 12.0. The van der Waals surface area contributed by atoms with Crippen LogP contribution < -0.4 is 0 Å².